The molecule has 1 amide bonds. The van der Waals surface area contributed by atoms with Crippen LogP contribution in [0.3, 0.4) is 0 Å². The fraction of sp³-hybridized carbons (Fsp3) is 0.625. The van der Waals surface area contributed by atoms with E-state index in [9.17, 15) is 19.5 Å². The maximum absolute atomic E-state index is 13.4. The first-order chi connectivity index (χ1) is 14.9. The minimum atomic E-state index is -0.944. The molecule has 0 spiro atoms. The van der Waals surface area contributed by atoms with Gasteiger partial charge in [-0.2, -0.15) is 0 Å². The number of likely N-dealkylation sites (tertiary alicyclic amines) is 1. The molecule has 1 heterocycles. The average Bonchev–Trinajstić information content (AvgIpc) is 3.16. The summed E-state index contributed by atoms with van der Waals surface area (Å²) in [6.07, 6.45) is 5.62. The molecule has 0 bridgehead atoms. The number of nitrogens with zero attached hydrogens (tertiary/aromatic N) is 1. The van der Waals surface area contributed by atoms with Crippen LogP contribution >= 0.6 is 0 Å². The van der Waals surface area contributed by atoms with Crippen LogP contribution in [0.25, 0.3) is 0 Å². The largest absolute Gasteiger partial charge is 0.480 e. The van der Waals surface area contributed by atoms with Crippen LogP contribution in [0, 0.1) is 5.92 Å². The molecule has 5 atom stereocenters. The van der Waals surface area contributed by atoms with Gasteiger partial charge in [0.05, 0.1) is 12.6 Å². The molecule has 2 unspecified atom stereocenters. The topological polar surface area (TPSA) is 95.9 Å². The Hall–Kier alpha value is -2.41. The maximum Gasteiger partial charge on any atom is 0.326 e. The van der Waals surface area contributed by atoms with Crippen LogP contribution in [0.15, 0.2) is 30.3 Å². The zero-order valence-corrected chi connectivity index (χ0v) is 18.5. The first kappa shape index (κ1) is 23.3. The number of fused-ring (bicyclic) bond motifs is 1. The normalized spacial score (nSPS) is 24.8. The molecule has 1 aliphatic heterocycles. The van der Waals surface area contributed by atoms with Gasteiger partial charge in [-0.25, -0.2) is 4.79 Å². The first-order valence-corrected chi connectivity index (χ1v) is 11.4. The number of ether oxygens (including phenoxy) is 1. The van der Waals surface area contributed by atoms with Gasteiger partial charge in [0.2, 0.25) is 5.91 Å². The van der Waals surface area contributed by atoms with Crippen molar-refractivity contribution in [2.45, 2.75) is 83.0 Å². The fourth-order valence-corrected chi connectivity index (χ4v) is 5.06. The molecular formula is C24H34N2O5. The molecule has 2 aliphatic rings. The van der Waals surface area contributed by atoms with Crippen molar-refractivity contribution in [1.29, 1.82) is 0 Å². The molecule has 2 N–H and O–H groups in total. The molecule has 1 aromatic rings. The van der Waals surface area contributed by atoms with Crippen LogP contribution in [0.2, 0.25) is 0 Å². The Bertz CT molecular complexity index is 768. The molecule has 1 aromatic carbocycles. The summed E-state index contributed by atoms with van der Waals surface area (Å²) in [6, 6.07) is 7.75. The maximum atomic E-state index is 13.4. The van der Waals surface area contributed by atoms with Gasteiger partial charge in [0, 0.05) is 6.04 Å². The number of carboxylic acid groups (broad SMARTS) is 1. The van der Waals surface area contributed by atoms with Gasteiger partial charge in [0.15, 0.2) is 0 Å². The molecule has 1 saturated heterocycles. The van der Waals surface area contributed by atoms with Crippen molar-refractivity contribution in [1.82, 2.24) is 10.2 Å². The quantitative estimate of drug-likeness (QED) is 0.585. The van der Waals surface area contributed by atoms with Crippen molar-refractivity contribution >= 4 is 17.8 Å². The highest BCUT2D eigenvalue weighted by Crippen LogP contribution is 2.40. The molecule has 0 aromatic heterocycles. The summed E-state index contributed by atoms with van der Waals surface area (Å²) in [5.74, 6) is -1.31. The van der Waals surface area contributed by atoms with E-state index in [1.807, 2.05) is 30.3 Å². The Kier molecular flexibility index (Phi) is 8.07. The predicted molar refractivity (Wildman–Crippen MR) is 116 cm³/mol. The van der Waals surface area contributed by atoms with E-state index in [2.05, 4.69) is 5.32 Å². The minimum Gasteiger partial charge on any atom is -0.480 e. The van der Waals surface area contributed by atoms with Crippen LogP contribution in [-0.2, 0) is 25.5 Å². The van der Waals surface area contributed by atoms with E-state index in [-0.39, 0.29) is 30.4 Å². The van der Waals surface area contributed by atoms with Gasteiger partial charge in [0.1, 0.15) is 12.1 Å². The van der Waals surface area contributed by atoms with Gasteiger partial charge in [0.25, 0.3) is 0 Å². The predicted octanol–water partition coefficient (Wildman–Crippen LogP) is 2.77. The number of carbonyl (C=O) groups is 3. The summed E-state index contributed by atoms with van der Waals surface area (Å²) in [5, 5.41) is 12.9. The van der Waals surface area contributed by atoms with Crippen molar-refractivity contribution in [3.05, 3.63) is 35.9 Å². The summed E-state index contributed by atoms with van der Waals surface area (Å²) in [4.78, 5) is 39.3. The first-order valence-electron chi connectivity index (χ1n) is 11.4. The minimum absolute atomic E-state index is 0.0167. The fourth-order valence-electron chi connectivity index (χ4n) is 5.06. The lowest BCUT2D eigenvalue weighted by Gasteiger charge is -2.35. The summed E-state index contributed by atoms with van der Waals surface area (Å²) in [7, 11) is 0. The van der Waals surface area contributed by atoms with Gasteiger partial charge in [-0.1, -0.05) is 43.2 Å². The molecule has 7 heteroatoms. The highest BCUT2D eigenvalue weighted by Gasteiger charge is 2.48. The lowest BCUT2D eigenvalue weighted by molar-refractivity contribution is -0.152. The van der Waals surface area contributed by atoms with Gasteiger partial charge >= 0.3 is 11.9 Å². The Labute approximate surface area is 184 Å². The van der Waals surface area contributed by atoms with Crippen molar-refractivity contribution in [3.8, 4) is 0 Å². The number of rotatable bonds is 9. The number of hydrogen-bond donors (Lipinski definition) is 2. The second-order valence-corrected chi connectivity index (χ2v) is 8.66. The average molecular weight is 431 g/mol. The van der Waals surface area contributed by atoms with Gasteiger partial charge in [-0.3, -0.25) is 14.9 Å². The van der Waals surface area contributed by atoms with E-state index < -0.39 is 24.1 Å². The van der Waals surface area contributed by atoms with E-state index in [1.54, 1.807) is 18.7 Å². The number of carboxylic acids is 1. The Morgan fingerprint density at radius 3 is 2.58 bits per heavy atom. The second-order valence-electron chi connectivity index (χ2n) is 8.66. The molecule has 31 heavy (non-hydrogen) atoms. The van der Waals surface area contributed by atoms with Gasteiger partial charge < -0.3 is 14.7 Å². The van der Waals surface area contributed by atoms with Gasteiger partial charge in [-0.05, 0) is 57.4 Å². The third-order valence-electron chi connectivity index (χ3n) is 6.58. The number of carbonyl (C=O) groups excluding carboxylic acids is 2. The summed E-state index contributed by atoms with van der Waals surface area (Å²) >= 11 is 0. The van der Waals surface area contributed by atoms with E-state index in [1.165, 1.54) is 0 Å². The zero-order chi connectivity index (χ0) is 22.4. The Balaban J connectivity index is 1.70. The molecule has 3 rings (SSSR count). The number of amides is 1. The van der Waals surface area contributed by atoms with E-state index >= 15 is 0 Å². The third-order valence-corrected chi connectivity index (χ3v) is 6.58. The highest BCUT2D eigenvalue weighted by atomic mass is 16.5. The third kappa shape index (κ3) is 5.64. The summed E-state index contributed by atoms with van der Waals surface area (Å²) < 4.78 is 5.22. The highest BCUT2D eigenvalue weighted by molar-refractivity contribution is 5.88. The molecule has 0 radical (unpaired) electrons. The SMILES string of the molecule is CCOC(=O)[C@@H](CCc1ccccc1)N[C@@H](C)C(=O)N1C2CCCCC2C[C@H]1C(=O)O. The second kappa shape index (κ2) is 10.8. The molecule has 170 valence electrons. The molecule has 7 nitrogen and oxygen atoms in total. The van der Waals surface area contributed by atoms with E-state index in [0.717, 1.165) is 31.2 Å². The summed E-state index contributed by atoms with van der Waals surface area (Å²) in [5.41, 5.74) is 1.10. The van der Waals surface area contributed by atoms with Crippen molar-refractivity contribution in [2.75, 3.05) is 6.61 Å². The molecule has 2 fully saturated rings. The van der Waals surface area contributed by atoms with Crippen LogP contribution in [0.4, 0.5) is 0 Å². The number of hydrogen-bond acceptors (Lipinski definition) is 5. The summed E-state index contributed by atoms with van der Waals surface area (Å²) in [6.45, 7) is 3.74. The molecular weight excluding hydrogens is 396 g/mol. The van der Waals surface area contributed by atoms with E-state index in [0.29, 0.717) is 19.3 Å². The van der Waals surface area contributed by atoms with Crippen LogP contribution < -0.4 is 5.32 Å². The van der Waals surface area contributed by atoms with Crippen molar-refractivity contribution in [3.63, 3.8) is 0 Å². The number of nitrogens with one attached hydrogen (secondary N) is 1. The number of esters is 1. The Morgan fingerprint density at radius 1 is 1.19 bits per heavy atom. The number of benzene rings is 1. The van der Waals surface area contributed by atoms with E-state index in [4.69, 9.17) is 4.74 Å². The lowest BCUT2D eigenvalue weighted by Crippen LogP contribution is -2.55. The number of aliphatic carboxylic acids is 1. The Morgan fingerprint density at radius 2 is 1.90 bits per heavy atom. The lowest BCUT2D eigenvalue weighted by atomic mass is 9.84. The van der Waals surface area contributed by atoms with Crippen molar-refractivity contribution < 1.29 is 24.2 Å². The van der Waals surface area contributed by atoms with Crippen LogP contribution in [0.5, 0.6) is 0 Å². The smallest absolute Gasteiger partial charge is 0.326 e. The molecule has 1 saturated carbocycles. The zero-order valence-electron chi connectivity index (χ0n) is 18.5. The monoisotopic (exact) mass is 430 g/mol. The number of aryl methyl sites for hydroxylation is 1. The van der Waals surface area contributed by atoms with Crippen molar-refractivity contribution in [2.24, 2.45) is 5.92 Å². The standard InChI is InChI=1S/C24H34N2O5/c1-3-31-24(30)19(14-13-17-9-5-4-6-10-17)25-16(2)22(27)26-20-12-8-7-11-18(20)15-21(26)23(28)29/h4-6,9-10,16,18-21,25H,3,7-8,11-15H2,1-2H3,(H,28,29)/t16-,18?,19+,20?,21-/m0/s1. The van der Waals surface area contributed by atoms with Crippen LogP contribution in [0.1, 0.15) is 57.9 Å². The van der Waals surface area contributed by atoms with Gasteiger partial charge in [-0.15, -0.1) is 0 Å². The molecule has 1 aliphatic carbocycles. The van der Waals surface area contributed by atoms with Crippen LogP contribution in [-0.4, -0.2) is 58.6 Å².